The van der Waals surface area contributed by atoms with Crippen molar-refractivity contribution in [3.63, 3.8) is 0 Å². The quantitative estimate of drug-likeness (QED) is 0.915. The highest BCUT2D eigenvalue weighted by molar-refractivity contribution is 7.94. The molecule has 1 aromatic carbocycles. The van der Waals surface area contributed by atoms with Gasteiger partial charge in [-0.05, 0) is 43.3 Å². The van der Waals surface area contributed by atoms with E-state index >= 15 is 0 Å². The van der Waals surface area contributed by atoms with Crippen molar-refractivity contribution in [2.24, 2.45) is 0 Å². The number of carbonyl (C=O) groups is 1. The fraction of sp³-hybridized carbons (Fsp3) is 0.154. The molecule has 0 radical (unpaired) electrons. The highest BCUT2D eigenvalue weighted by Gasteiger charge is 2.26. The first-order valence-corrected chi connectivity index (χ1v) is 8.23. The third kappa shape index (κ3) is 3.06. The van der Waals surface area contributed by atoms with E-state index in [4.69, 9.17) is 5.11 Å². The molecule has 2 aromatic rings. The second-order valence-corrected chi connectivity index (χ2v) is 7.24. The highest BCUT2D eigenvalue weighted by Crippen LogP contribution is 2.28. The molecule has 5 nitrogen and oxygen atoms in total. The molecule has 0 unspecified atom stereocenters. The van der Waals surface area contributed by atoms with Gasteiger partial charge < -0.3 is 5.11 Å². The number of sulfonamides is 1. The molecule has 0 saturated carbocycles. The first kappa shape index (κ1) is 15.5. The van der Waals surface area contributed by atoms with Crippen LogP contribution in [0.15, 0.2) is 40.6 Å². The number of aromatic carboxylic acids is 1. The molecule has 0 fully saturated rings. The van der Waals surface area contributed by atoms with Gasteiger partial charge in [0.15, 0.2) is 0 Å². The molecule has 0 aliphatic rings. The van der Waals surface area contributed by atoms with E-state index in [1.807, 2.05) is 0 Å². The Kier molecular flexibility index (Phi) is 4.29. The highest BCUT2D eigenvalue weighted by atomic mass is 32.2. The molecule has 0 saturated heterocycles. The van der Waals surface area contributed by atoms with E-state index in [9.17, 15) is 17.6 Å². The van der Waals surface area contributed by atoms with Crippen LogP contribution in [0.5, 0.6) is 0 Å². The van der Waals surface area contributed by atoms with Crippen molar-refractivity contribution in [3.05, 3.63) is 47.1 Å². The fourth-order valence-electron chi connectivity index (χ4n) is 1.78. The third-order valence-corrected chi connectivity index (χ3v) is 6.18. The maximum absolute atomic E-state index is 12.9. The number of benzene rings is 1. The largest absolute Gasteiger partial charge is 0.477 e. The zero-order valence-electron chi connectivity index (χ0n) is 11.0. The van der Waals surface area contributed by atoms with Crippen LogP contribution in [0.25, 0.3) is 0 Å². The predicted molar refractivity (Wildman–Crippen MR) is 77.9 cm³/mol. The van der Waals surface area contributed by atoms with E-state index in [0.29, 0.717) is 17.0 Å². The molecule has 1 N–H and O–H groups in total. The van der Waals surface area contributed by atoms with Gasteiger partial charge in [-0.3, -0.25) is 4.31 Å². The fourth-order valence-corrected chi connectivity index (χ4v) is 4.51. The van der Waals surface area contributed by atoms with Gasteiger partial charge in [0.25, 0.3) is 10.0 Å². The molecule has 0 bridgehead atoms. The van der Waals surface area contributed by atoms with Crippen molar-refractivity contribution in [2.75, 3.05) is 10.8 Å². The van der Waals surface area contributed by atoms with Crippen molar-refractivity contribution < 1.29 is 22.7 Å². The van der Waals surface area contributed by atoms with Crippen molar-refractivity contribution in [2.45, 2.75) is 11.1 Å². The molecule has 0 amide bonds. The summed E-state index contributed by atoms with van der Waals surface area (Å²) in [5, 5.41) is 8.87. The standard InChI is InChI=1S/C13H12FNO4S2/c1-2-15(10-5-3-9(14)4-6-10)21(18,19)12-8-7-11(20-12)13(16)17/h3-8H,2H2,1H3,(H,16,17). The van der Waals surface area contributed by atoms with Crippen LogP contribution in [-0.4, -0.2) is 26.0 Å². The van der Waals surface area contributed by atoms with Crippen LogP contribution < -0.4 is 4.31 Å². The smallest absolute Gasteiger partial charge is 0.345 e. The van der Waals surface area contributed by atoms with Gasteiger partial charge in [0.1, 0.15) is 14.9 Å². The summed E-state index contributed by atoms with van der Waals surface area (Å²) in [6.07, 6.45) is 0. The van der Waals surface area contributed by atoms with Crippen molar-refractivity contribution in [3.8, 4) is 0 Å². The Balaban J connectivity index is 2.43. The molecule has 21 heavy (non-hydrogen) atoms. The van der Waals surface area contributed by atoms with E-state index < -0.39 is 21.8 Å². The van der Waals surface area contributed by atoms with E-state index in [2.05, 4.69) is 0 Å². The van der Waals surface area contributed by atoms with Gasteiger partial charge in [0.05, 0.1) is 5.69 Å². The summed E-state index contributed by atoms with van der Waals surface area (Å²) in [6, 6.07) is 7.58. The minimum atomic E-state index is -3.86. The van der Waals surface area contributed by atoms with Gasteiger partial charge in [-0.25, -0.2) is 17.6 Å². The number of thiophene rings is 1. The number of anilines is 1. The minimum absolute atomic E-state index is 0.0521. The number of rotatable bonds is 5. The lowest BCUT2D eigenvalue weighted by Gasteiger charge is -2.21. The normalized spacial score (nSPS) is 11.3. The third-order valence-electron chi connectivity index (χ3n) is 2.74. The van der Waals surface area contributed by atoms with Crippen molar-refractivity contribution in [1.29, 1.82) is 0 Å². The summed E-state index contributed by atoms with van der Waals surface area (Å²) in [4.78, 5) is 10.8. The number of carboxylic acid groups (broad SMARTS) is 1. The molecule has 1 aromatic heterocycles. The molecule has 8 heteroatoms. The lowest BCUT2D eigenvalue weighted by molar-refractivity contribution is 0.0702. The summed E-state index contributed by atoms with van der Waals surface area (Å²) < 4.78 is 39.0. The summed E-state index contributed by atoms with van der Waals surface area (Å²) in [5.41, 5.74) is 0.323. The van der Waals surface area contributed by atoms with Gasteiger partial charge in [-0.15, -0.1) is 11.3 Å². The van der Waals surface area contributed by atoms with Crippen LogP contribution >= 0.6 is 11.3 Å². The Bertz CT molecular complexity index is 753. The average Bonchev–Trinajstić information content (AvgIpc) is 2.92. The van der Waals surface area contributed by atoms with Gasteiger partial charge in [-0.2, -0.15) is 0 Å². The molecule has 0 aliphatic carbocycles. The zero-order valence-corrected chi connectivity index (χ0v) is 12.6. The zero-order chi connectivity index (χ0) is 15.6. The van der Waals surface area contributed by atoms with Crippen molar-refractivity contribution in [1.82, 2.24) is 0 Å². The molecular formula is C13H12FNO4S2. The Morgan fingerprint density at radius 1 is 1.24 bits per heavy atom. The van der Waals surface area contributed by atoms with Crippen molar-refractivity contribution >= 4 is 33.0 Å². The van der Waals surface area contributed by atoms with E-state index in [0.717, 1.165) is 4.31 Å². The van der Waals surface area contributed by atoms with Crippen LogP contribution in [0, 0.1) is 5.82 Å². The number of hydrogen-bond acceptors (Lipinski definition) is 4. The van der Waals surface area contributed by atoms with Crippen LogP contribution in [0.4, 0.5) is 10.1 Å². The Labute approximate surface area is 125 Å². The monoisotopic (exact) mass is 329 g/mol. The SMILES string of the molecule is CCN(c1ccc(F)cc1)S(=O)(=O)c1ccc(C(=O)O)s1. The Morgan fingerprint density at radius 3 is 2.33 bits per heavy atom. The van der Waals surface area contributed by atoms with E-state index in [1.165, 1.54) is 36.4 Å². The van der Waals surface area contributed by atoms with Crippen LogP contribution in [0.3, 0.4) is 0 Å². The first-order chi connectivity index (χ1) is 9.86. The van der Waals surface area contributed by atoms with E-state index in [1.54, 1.807) is 6.92 Å². The topological polar surface area (TPSA) is 74.7 Å². The molecule has 112 valence electrons. The molecule has 1 heterocycles. The maximum atomic E-state index is 12.9. The number of nitrogens with zero attached hydrogens (tertiary/aromatic N) is 1. The summed E-state index contributed by atoms with van der Waals surface area (Å²) in [5.74, 6) is -1.64. The lowest BCUT2D eigenvalue weighted by Crippen LogP contribution is -2.30. The average molecular weight is 329 g/mol. The minimum Gasteiger partial charge on any atom is -0.477 e. The van der Waals surface area contributed by atoms with Gasteiger partial charge in [-0.1, -0.05) is 0 Å². The van der Waals surface area contributed by atoms with Crippen LogP contribution in [-0.2, 0) is 10.0 Å². The number of halogens is 1. The number of hydrogen-bond donors (Lipinski definition) is 1. The molecule has 0 spiro atoms. The van der Waals surface area contributed by atoms with Crippen LogP contribution in [0.2, 0.25) is 0 Å². The molecule has 0 atom stereocenters. The van der Waals surface area contributed by atoms with Crippen LogP contribution in [0.1, 0.15) is 16.6 Å². The molecule has 2 rings (SSSR count). The predicted octanol–water partition coefficient (Wildman–Crippen LogP) is 2.80. The maximum Gasteiger partial charge on any atom is 0.345 e. The summed E-state index contributed by atoms with van der Waals surface area (Å²) in [7, 11) is -3.86. The lowest BCUT2D eigenvalue weighted by atomic mass is 10.3. The van der Waals surface area contributed by atoms with E-state index in [-0.39, 0.29) is 15.6 Å². The Morgan fingerprint density at radius 2 is 1.86 bits per heavy atom. The van der Waals surface area contributed by atoms with Gasteiger partial charge >= 0.3 is 5.97 Å². The Hall–Kier alpha value is -1.93. The first-order valence-electron chi connectivity index (χ1n) is 5.97. The second-order valence-electron chi connectivity index (χ2n) is 4.07. The van der Waals surface area contributed by atoms with Gasteiger partial charge in [0.2, 0.25) is 0 Å². The molecular weight excluding hydrogens is 317 g/mol. The summed E-state index contributed by atoms with van der Waals surface area (Å²) >= 11 is 0.686. The summed E-state index contributed by atoms with van der Waals surface area (Å²) in [6.45, 7) is 1.79. The second kappa shape index (κ2) is 5.82. The number of carboxylic acids is 1. The van der Waals surface area contributed by atoms with Gasteiger partial charge in [0, 0.05) is 6.54 Å². The molecule has 0 aliphatic heterocycles.